The van der Waals surface area contributed by atoms with Crippen LogP contribution in [-0.2, 0) is 19.1 Å². The van der Waals surface area contributed by atoms with Gasteiger partial charge in [-0.1, -0.05) is 12.8 Å². The Balaban J connectivity index is 2.99. The average Bonchev–Trinajstić information content (AvgIpc) is 2.16. The largest absolute Gasteiger partial charge is 0.469 e. The van der Waals surface area contributed by atoms with Crippen LogP contribution in [0.4, 0.5) is 0 Å². The zero-order valence-corrected chi connectivity index (χ0v) is 7.95. The Morgan fingerprint density at radius 2 is 1.92 bits per heavy atom. The third-order valence-electron chi connectivity index (χ3n) is 1.69. The summed E-state index contributed by atoms with van der Waals surface area (Å²) in [7, 11) is 1.39. The first-order chi connectivity index (χ1) is 6.31. The first kappa shape index (κ1) is 11.9. The Morgan fingerprint density at radius 3 is 2.54 bits per heavy atom. The molecule has 0 aliphatic carbocycles. The van der Waals surface area contributed by atoms with Crippen molar-refractivity contribution < 1.29 is 19.1 Å². The lowest BCUT2D eigenvalue weighted by molar-refractivity contribution is -0.140. The molecule has 0 atom stereocenters. The van der Waals surface area contributed by atoms with Crippen molar-refractivity contribution in [1.82, 2.24) is 0 Å². The van der Waals surface area contributed by atoms with Gasteiger partial charge in [0.1, 0.15) is 0 Å². The van der Waals surface area contributed by atoms with Crippen molar-refractivity contribution in [2.45, 2.75) is 32.1 Å². The van der Waals surface area contributed by atoms with Crippen LogP contribution in [0.1, 0.15) is 32.1 Å². The number of carbonyl (C=O) groups is 2. The van der Waals surface area contributed by atoms with Crippen molar-refractivity contribution >= 4 is 12.4 Å². The minimum absolute atomic E-state index is 0.163. The fourth-order valence-electron chi connectivity index (χ4n) is 0.958. The summed E-state index contributed by atoms with van der Waals surface area (Å²) >= 11 is 0. The highest BCUT2D eigenvalue weighted by Gasteiger charge is 1.98. The van der Waals surface area contributed by atoms with E-state index in [2.05, 4.69) is 9.47 Å². The van der Waals surface area contributed by atoms with Crippen LogP contribution >= 0.6 is 0 Å². The second-order valence-corrected chi connectivity index (χ2v) is 2.71. The van der Waals surface area contributed by atoms with Gasteiger partial charge in [-0.3, -0.25) is 9.59 Å². The molecule has 0 aromatic heterocycles. The summed E-state index contributed by atoms with van der Waals surface area (Å²) in [5.41, 5.74) is 0. The van der Waals surface area contributed by atoms with Crippen molar-refractivity contribution in [3.8, 4) is 0 Å². The van der Waals surface area contributed by atoms with Crippen LogP contribution in [0.25, 0.3) is 0 Å². The van der Waals surface area contributed by atoms with E-state index >= 15 is 0 Å². The van der Waals surface area contributed by atoms with Gasteiger partial charge in [-0.2, -0.15) is 0 Å². The van der Waals surface area contributed by atoms with Gasteiger partial charge in [0.2, 0.25) is 0 Å². The Kier molecular flexibility index (Phi) is 8.30. The summed E-state index contributed by atoms with van der Waals surface area (Å²) in [6, 6.07) is 0. The number of hydrogen-bond acceptors (Lipinski definition) is 4. The molecule has 0 aliphatic rings. The summed E-state index contributed by atoms with van der Waals surface area (Å²) < 4.78 is 9.00. The number of esters is 1. The summed E-state index contributed by atoms with van der Waals surface area (Å²) in [6.07, 6.45) is 4.13. The molecule has 0 unspecified atom stereocenters. The minimum Gasteiger partial charge on any atom is -0.469 e. The van der Waals surface area contributed by atoms with Crippen molar-refractivity contribution in [3.05, 3.63) is 0 Å². The molecule has 0 amide bonds. The number of unbranched alkanes of at least 4 members (excludes halogenated alkanes) is 3. The first-order valence-corrected chi connectivity index (χ1v) is 4.43. The molecule has 0 N–H and O–H groups in total. The van der Waals surface area contributed by atoms with Gasteiger partial charge in [-0.15, -0.1) is 0 Å². The predicted molar refractivity (Wildman–Crippen MR) is 47.1 cm³/mol. The summed E-state index contributed by atoms with van der Waals surface area (Å²) in [4.78, 5) is 20.4. The maximum Gasteiger partial charge on any atom is 0.305 e. The van der Waals surface area contributed by atoms with Gasteiger partial charge in [-0.05, 0) is 12.8 Å². The zero-order valence-electron chi connectivity index (χ0n) is 7.95. The Morgan fingerprint density at radius 1 is 1.23 bits per heavy atom. The van der Waals surface area contributed by atoms with Gasteiger partial charge < -0.3 is 9.47 Å². The predicted octanol–water partition coefficient (Wildman–Crippen LogP) is 1.28. The normalized spacial score (nSPS) is 9.31. The average molecular weight is 188 g/mol. The molecule has 0 fully saturated rings. The van der Waals surface area contributed by atoms with E-state index in [4.69, 9.17) is 0 Å². The van der Waals surface area contributed by atoms with Crippen LogP contribution in [-0.4, -0.2) is 26.2 Å². The van der Waals surface area contributed by atoms with Crippen molar-refractivity contribution in [3.63, 3.8) is 0 Å². The molecule has 0 aliphatic heterocycles. The quantitative estimate of drug-likeness (QED) is 0.327. The molecule has 0 aromatic rings. The molecule has 0 rings (SSSR count). The lowest BCUT2D eigenvalue weighted by Gasteiger charge is -1.99. The smallest absolute Gasteiger partial charge is 0.305 e. The van der Waals surface area contributed by atoms with E-state index < -0.39 is 0 Å². The lowest BCUT2D eigenvalue weighted by atomic mass is 10.1. The highest BCUT2D eigenvalue weighted by molar-refractivity contribution is 5.68. The van der Waals surface area contributed by atoms with Gasteiger partial charge in [0, 0.05) is 6.42 Å². The molecule has 4 nitrogen and oxygen atoms in total. The maximum atomic E-state index is 10.7. The van der Waals surface area contributed by atoms with Crippen LogP contribution in [0.3, 0.4) is 0 Å². The second kappa shape index (κ2) is 9.03. The molecule has 0 spiro atoms. The molecule has 0 saturated carbocycles. The molecule has 4 heteroatoms. The highest BCUT2D eigenvalue weighted by Crippen LogP contribution is 2.03. The van der Waals surface area contributed by atoms with Gasteiger partial charge in [0.05, 0.1) is 13.7 Å². The molecule has 0 aromatic carbocycles. The van der Waals surface area contributed by atoms with E-state index in [9.17, 15) is 9.59 Å². The van der Waals surface area contributed by atoms with E-state index in [0.717, 1.165) is 25.7 Å². The number of carbonyl (C=O) groups excluding carboxylic acids is 2. The van der Waals surface area contributed by atoms with E-state index in [0.29, 0.717) is 19.5 Å². The van der Waals surface area contributed by atoms with Crippen molar-refractivity contribution in [1.29, 1.82) is 0 Å². The first-order valence-electron chi connectivity index (χ1n) is 4.43. The molecule has 0 saturated heterocycles. The Bertz CT molecular complexity index is 145. The summed E-state index contributed by atoms with van der Waals surface area (Å²) in [5.74, 6) is -0.163. The van der Waals surface area contributed by atoms with Gasteiger partial charge >= 0.3 is 5.97 Å². The summed E-state index contributed by atoms with van der Waals surface area (Å²) in [5, 5.41) is 0. The zero-order chi connectivity index (χ0) is 9.94. The molecule has 0 radical (unpaired) electrons. The maximum absolute atomic E-state index is 10.7. The fourth-order valence-corrected chi connectivity index (χ4v) is 0.958. The van der Waals surface area contributed by atoms with Crippen molar-refractivity contribution in [2.24, 2.45) is 0 Å². The number of ether oxygens (including phenoxy) is 2. The molecular weight excluding hydrogens is 172 g/mol. The number of methoxy groups -OCH3 is 1. The summed E-state index contributed by atoms with van der Waals surface area (Å²) in [6.45, 7) is 0.927. The van der Waals surface area contributed by atoms with Crippen LogP contribution in [0.15, 0.2) is 0 Å². The fraction of sp³-hybridized carbons (Fsp3) is 0.778. The van der Waals surface area contributed by atoms with Gasteiger partial charge in [-0.25, -0.2) is 0 Å². The minimum atomic E-state index is -0.163. The van der Waals surface area contributed by atoms with Crippen LogP contribution in [0, 0.1) is 0 Å². The van der Waals surface area contributed by atoms with E-state index in [1.807, 2.05) is 0 Å². The number of rotatable bonds is 8. The molecular formula is C9H16O4. The third kappa shape index (κ3) is 8.85. The Labute approximate surface area is 78.2 Å². The molecule has 0 bridgehead atoms. The highest BCUT2D eigenvalue weighted by atomic mass is 16.5. The second-order valence-electron chi connectivity index (χ2n) is 2.71. The number of hydrogen-bond donors (Lipinski definition) is 0. The SMILES string of the molecule is COC(=O)CCCCCCOC=O. The van der Waals surface area contributed by atoms with E-state index in [-0.39, 0.29) is 5.97 Å². The van der Waals surface area contributed by atoms with E-state index in [1.54, 1.807) is 0 Å². The van der Waals surface area contributed by atoms with E-state index in [1.165, 1.54) is 7.11 Å². The topological polar surface area (TPSA) is 52.6 Å². The molecule has 13 heavy (non-hydrogen) atoms. The van der Waals surface area contributed by atoms with Crippen LogP contribution < -0.4 is 0 Å². The standard InChI is InChI=1S/C9H16O4/c1-12-9(11)6-4-2-3-5-7-13-8-10/h8H,2-7H2,1H3. The Hall–Kier alpha value is -1.06. The van der Waals surface area contributed by atoms with Crippen LogP contribution in [0.5, 0.6) is 0 Å². The van der Waals surface area contributed by atoms with Crippen molar-refractivity contribution in [2.75, 3.05) is 13.7 Å². The van der Waals surface area contributed by atoms with Gasteiger partial charge in [0.25, 0.3) is 6.47 Å². The molecule has 0 heterocycles. The lowest BCUT2D eigenvalue weighted by Crippen LogP contribution is -1.99. The van der Waals surface area contributed by atoms with Gasteiger partial charge in [0.15, 0.2) is 0 Å². The monoisotopic (exact) mass is 188 g/mol. The van der Waals surface area contributed by atoms with Crippen LogP contribution in [0.2, 0.25) is 0 Å². The molecule has 76 valence electrons. The third-order valence-corrected chi connectivity index (χ3v) is 1.69.